The number of ether oxygens (including phenoxy) is 4. The number of hydrogen-bond donors (Lipinski definition) is 0. The van der Waals surface area contributed by atoms with E-state index < -0.39 is 26.5 Å². The highest BCUT2D eigenvalue weighted by molar-refractivity contribution is 8.22. The van der Waals surface area contributed by atoms with Crippen molar-refractivity contribution in [2.24, 2.45) is 0 Å². The normalized spacial score (nSPS) is 26.3. The fraction of sp³-hybridized carbons (Fsp3) is 0.500. The van der Waals surface area contributed by atoms with Crippen LogP contribution in [0.4, 0.5) is 0 Å². The van der Waals surface area contributed by atoms with Crippen LogP contribution in [0.15, 0.2) is 60.7 Å². The SMILES string of the molecule is CSC(=S)O[C@@H]1[C@H]2OC(C)(C)O[C@H]2O[C@@H]1CO[Si](c1ccccc1)(c1ccccc1)C(C)(C)C. The van der Waals surface area contributed by atoms with Crippen molar-refractivity contribution in [3.63, 3.8) is 0 Å². The Hall–Kier alpha value is -1.26. The summed E-state index contributed by atoms with van der Waals surface area (Å²) in [4.78, 5) is 0. The Kier molecular flexibility index (Phi) is 7.60. The first kappa shape index (κ1) is 25.8. The Bertz CT molecular complexity index is 940. The van der Waals surface area contributed by atoms with E-state index in [1.807, 2.05) is 32.2 Å². The molecule has 5 nitrogen and oxygen atoms in total. The number of thioether (sulfide) groups is 1. The molecule has 2 saturated heterocycles. The lowest BCUT2D eigenvalue weighted by Crippen LogP contribution is -2.67. The average Bonchev–Trinajstić information content (AvgIpc) is 3.26. The van der Waals surface area contributed by atoms with E-state index >= 15 is 0 Å². The van der Waals surface area contributed by atoms with E-state index in [-0.39, 0.29) is 17.2 Å². The monoisotopic (exact) mass is 518 g/mol. The zero-order chi connectivity index (χ0) is 24.6. The largest absolute Gasteiger partial charge is 0.469 e. The zero-order valence-corrected chi connectivity index (χ0v) is 23.3. The topological polar surface area (TPSA) is 46.2 Å². The van der Waals surface area contributed by atoms with Crippen molar-refractivity contribution in [2.75, 3.05) is 12.9 Å². The van der Waals surface area contributed by atoms with Crippen molar-refractivity contribution in [3.05, 3.63) is 60.7 Å². The molecule has 0 amide bonds. The molecule has 0 bridgehead atoms. The van der Waals surface area contributed by atoms with E-state index in [0.717, 1.165) is 0 Å². The van der Waals surface area contributed by atoms with Gasteiger partial charge < -0.3 is 23.4 Å². The third-order valence-electron chi connectivity index (χ3n) is 6.37. The number of benzene rings is 2. The molecule has 0 N–H and O–H groups in total. The lowest BCUT2D eigenvalue weighted by atomic mass is 10.1. The molecule has 2 heterocycles. The number of fused-ring (bicyclic) bond motifs is 1. The number of thiocarbonyl (C=S) groups is 1. The first-order valence-corrected chi connectivity index (χ1v) is 15.1. The van der Waals surface area contributed by atoms with Gasteiger partial charge in [0.15, 0.2) is 24.3 Å². The molecule has 0 saturated carbocycles. The molecule has 2 aromatic rings. The third-order valence-corrected chi connectivity index (χ3v) is 12.4. The highest BCUT2D eigenvalue weighted by Gasteiger charge is 2.58. The molecule has 8 heteroatoms. The van der Waals surface area contributed by atoms with Crippen LogP contribution in [-0.2, 0) is 23.4 Å². The fourth-order valence-corrected chi connectivity index (χ4v) is 9.84. The van der Waals surface area contributed by atoms with Crippen molar-refractivity contribution >= 4 is 47.1 Å². The second-order valence-electron chi connectivity index (χ2n) is 10.2. The zero-order valence-electron chi connectivity index (χ0n) is 20.6. The van der Waals surface area contributed by atoms with Crippen LogP contribution < -0.4 is 10.4 Å². The maximum absolute atomic E-state index is 7.09. The predicted octanol–water partition coefficient (Wildman–Crippen LogP) is 4.47. The molecule has 34 heavy (non-hydrogen) atoms. The first-order valence-electron chi connectivity index (χ1n) is 11.6. The summed E-state index contributed by atoms with van der Waals surface area (Å²) in [5.74, 6) is -0.734. The number of hydrogen-bond acceptors (Lipinski definition) is 7. The molecular weight excluding hydrogens is 485 g/mol. The molecule has 2 aliphatic heterocycles. The van der Waals surface area contributed by atoms with Crippen molar-refractivity contribution in [3.8, 4) is 0 Å². The van der Waals surface area contributed by atoms with Crippen molar-refractivity contribution in [2.45, 2.75) is 70.0 Å². The van der Waals surface area contributed by atoms with E-state index in [9.17, 15) is 0 Å². The highest BCUT2D eigenvalue weighted by Crippen LogP contribution is 2.41. The molecule has 0 unspecified atom stereocenters. The second-order valence-corrected chi connectivity index (χ2v) is 15.9. The van der Waals surface area contributed by atoms with Gasteiger partial charge in [-0.2, -0.15) is 0 Å². The summed E-state index contributed by atoms with van der Waals surface area (Å²) in [6, 6.07) is 21.1. The predicted molar refractivity (Wildman–Crippen MR) is 143 cm³/mol. The summed E-state index contributed by atoms with van der Waals surface area (Å²) >= 11 is 6.78. The molecule has 2 fully saturated rings. The Labute approximate surface area is 213 Å². The van der Waals surface area contributed by atoms with E-state index in [1.54, 1.807) is 0 Å². The Balaban J connectivity index is 1.68. The molecule has 0 aromatic heterocycles. The van der Waals surface area contributed by atoms with E-state index in [2.05, 4.69) is 69.3 Å². The fourth-order valence-electron chi connectivity index (χ4n) is 4.95. The van der Waals surface area contributed by atoms with Crippen molar-refractivity contribution in [1.29, 1.82) is 0 Å². The van der Waals surface area contributed by atoms with Crippen LogP contribution in [0.1, 0.15) is 34.6 Å². The maximum Gasteiger partial charge on any atom is 0.261 e. The molecule has 4 atom stereocenters. The smallest absolute Gasteiger partial charge is 0.261 e. The van der Waals surface area contributed by atoms with E-state index in [1.165, 1.54) is 22.1 Å². The minimum absolute atomic E-state index is 0.135. The summed E-state index contributed by atoms with van der Waals surface area (Å²) in [7, 11) is -2.71. The standard InChI is InChI=1S/C26H34O5S2Si/c1-25(2,3)34(18-13-9-7-10-14-18,19-15-11-8-12-16-19)27-17-20-21(29-24(32)33-6)22-23(28-20)31-26(4,5)30-22/h7-16,20-23H,17H2,1-6H3/t20-,21+,22-,23-/m1/s1. The molecule has 0 radical (unpaired) electrons. The van der Waals surface area contributed by atoms with Crippen LogP contribution in [0.2, 0.25) is 5.04 Å². The van der Waals surface area contributed by atoms with Gasteiger partial charge in [0.2, 0.25) is 4.38 Å². The summed E-state index contributed by atoms with van der Waals surface area (Å²) in [6.45, 7) is 10.9. The van der Waals surface area contributed by atoms with Crippen LogP contribution >= 0.6 is 24.0 Å². The Morgan fingerprint density at radius 2 is 1.56 bits per heavy atom. The van der Waals surface area contributed by atoms with E-state index in [4.69, 9.17) is 35.6 Å². The van der Waals surface area contributed by atoms with Gasteiger partial charge in [-0.05, 0) is 47.7 Å². The molecular formula is C26H34O5S2Si. The minimum atomic E-state index is -2.71. The van der Waals surface area contributed by atoms with Gasteiger partial charge in [0, 0.05) is 0 Å². The highest BCUT2D eigenvalue weighted by atomic mass is 32.2. The molecule has 184 valence electrons. The van der Waals surface area contributed by atoms with Crippen LogP contribution in [0.25, 0.3) is 0 Å². The van der Waals surface area contributed by atoms with Gasteiger partial charge in [0.25, 0.3) is 8.32 Å². The van der Waals surface area contributed by atoms with Crippen molar-refractivity contribution < 1.29 is 23.4 Å². The maximum atomic E-state index is 7.09. The molecule has 0 aliphatic carbocycles. The summed E-state index contributed by atoms with van der Waals surface area (Å²) in [5.41, 5.74) is 0. The third kappa shape index (κ3) is 5.00. The van der Waals surface area contributed by atoms with Crippen LogP contribution in [0.3, 0.4) is 0 Å². The lowest BCUT2D eigenvalue weighted by Gasteiger charge is -2.43. The molecule has 2 aliphatic rings. The second kappa shape index (κ2) is 10.0. The van der Waals surface area contributed by atoms with Gasteiger partial charge in [-0.3, -0.25) is 0 Å². The summed E-state index contributed by atoms with van der Waals surface area (Å²) in [6.07, 6.45) is 0.229. The summed E-state index contributed by atoms with van der Waals surface area (Å²) < 4.78 is 32.1. The Morgan fingerprint density at radius 1 is 1.00 bits per heavy atom. The van der Waals surface area contributed by atoms with Gasteiger partial charge in [-0.1, -0.05) is 93.2 Å². The van der Waals surface area contributed by atoms with Gasteiger partial charge in [0.1, 0.15) is 6.10 Å². The average molecular weight is 519 g/mol. The van der Waals surface area contributed by atoms with Crippen molar-refractivity contribution in [1.82, 2.24) is 0 Å². The van der Waals surface area contributed by atoms with Crippen LogP contribution in [-0.4, -0.2) is 56.0 Å². The minimum Gasteiger partial charge on any atom is -0.469 e. The van der Waals surface area contributed by atoms with Gasteiger partial charge >= 0.3 is 0 Å². The molecule has 0 spiro atoms. The van der Waals surface area contributed by atoms with Crippen LogP contribution in [0, 0.1) is 0 Å². The first-order chi connectivity index (χ1) is 16.1. The van der Waals surface area contributed by atoms with Crippen LogP contribution in [0.5, 0.6) is 0 Å². The molecule has 4 rings (SSSR count). The van der Waals surface area contributed by atoms with E-state index in [0.29, 0.717) is 11.0 Å². The lowest BCUT2D eigenvalue weighted by molar-refractivity contribution is -0.216. The van der Waals surface area contributed by atoms with Gasteiger partial charge in [-0.15, -0.1) is 0 Å². The Morgan fingerprint density at radius 3 is 2.06 bits per heavy atom. The van der Waals surface area contributed by atoms with Gasteiger partial charge in [0.05, 0.1) is 6.61 Å². The number of rotatable bonds is 6. The summed E-state index contributed by atoms with van der Waals surface area (Å²) in [5, 5.41) is 2.31. The van der Waals surface area contributed by atoms with Gasteiger partial charge in [-0.25, -0.2) is 0 Å². The quantitative estimate of drug-likeness (QED) is 0.413. The molecule has 2 aromatic carbocycles.